The van der Waals surface area contributed by atoms with Crippen molar-refractivity contribution in [2.24, 2.45) is 4.99 Å². The number of aromatic nitrogens is 1. The summed E-state index contributed by atoms with van der Waals surface area (Å²) in [6.45, 7) is 4.78. The van der Waals surface area contributed by atoms with Crippen molar-refractivity contribution >= 4 is 73.0 Å². The maximum atomic E-state index is 12.8. The molecule has 1 amide bonds. The lowest BCUT2D eigenvalue weighted by Crippen LogP contribution is -2.19. The van der Waals surface area contributed by atoms with Gasteiger partial charge in [0.2, 0.25) is 0 Å². The second-order valence-electron chi connectivity index (χ2n) is 8.09. The smallest absolute Gasteiger partial charge is 0.264 e. The van der Waals surface area contributed by atoms with Gasteiger partial charge in [-0.15, -0.1) is 0 Å². The van der Waals surface area contributed by atoms with Crippen LogP contribution < -0.4 is 5.32 Å². The summed E-state index contributed by atoms with van der Waals surface area (Å²) >= 11 is 11.1. The largest absolute Gasteiger partial charge is 0.340 e. The SMILES string of the molecule is Cc1c(Cl)cccc1N=C1NC(=O)/C(=C/c2c(C)n(Cc3ccc(Br)cc3)c3ccccc23)S1. The fourth-order valence-corrected chi connectivity index (χ4v) is 5.30. The molecule has 170 valence electrons. The summed E-state index contributed by atoms with van der Waals surface area (Å²) in [7, 11) is 0. The van der Waals surface area contributed by atoms with E-state index in [2.05, 4.69) is 74.1 Å². The van der Waals surface area contributed by atoms with Gasteiger partial charge in [-0.2, -0.15) is 0 Å². The normalized spacial score (nSPS) is 16.1. The summed E-state index contributed by atoms with van der Waals surface area (Å²) in [5.74, 6) is -0.146. The van der Waals surface area contributed by atoms with Crippen LogP contribution in [-0.4, -0.2) is 15.6 Å². The molecular formula is C27H21BrClN3OS. The quantitative estimate of drug-likeness (QED) is 0.266. The number of thioether (sulfide) groups is 1. The molecule has 34 heavy (non-hydrogen) atoms. The number of hydrogen-bond acceptors (Lipinski definition) is 3. The van der Waals surface area contributed by atoms with Crippen molar-refractivity contribution in [3.8, 4) is 0 Å². The highest BCUT2D eigenvalue weighted by atomic mass is 79.9. The van der Waals surface area contributed by atoms with Crippen LogP contribution in [0.4, 0.5) is 5.69 Å². The predicted octanol–water partition coefficient (Wildman–Crippen LogP) is 7.61. The van der Waals surface area contributed by atoms with E-state index in [1.807, 2.05) is 43.3 Å². The molecule has 1 saturated heterocycles. The standard InChI is InChI=1S/C27H21BrClN3OS/c1-16-22(29)7-5-8-23(16)30-27-31-26(33)25(34-27)14-21-17(2)32(24-9-4-3-6-20(21)24)15-18-10-12-19(28)13-11-18/h3-14H,15H2,1-2H3,(H,30,31,33)/b25-14-. The number of para-hydroxylation sites is 1. The van der Waals surface area contributed by atoms with Crippen molar-refractivity contribution < 1.29 is 4.79 Å². The molecule has 0 atom stereocenters. The molecule has 0 aliphatic carbocycles. The minimum Gasteiger partial charge on any atom is -0.340 e. The Bertz CT molecular complexity index is 1490. The fraction of sp³-hybridized carbons (Fsp3) is 0.111. The number of nitrogens with one attached hydrogen (secondary N) is 1. The second-order valence-corrected chi connectivity index (χ2v) is 10.4. The number of aliphatic imine (C=N–C) groups is 1. The van der Waals surface area contributed by atoms with E-state index in [-0.39, 0.29) is 5.91 Å². The van der Waals surface area contributed by atoms with Gasteiger partial charge in [0.05, 0.1) is 10.6 Å². The second kappa shape index (κ2) is 9.45. The van der Waals surface area contributed by atoms with Gasteiger partial charge in [0.25, 0.3) is 5.91 Å². The number of fused-ring (bicyclic) bond motifs is 1. The Kier molecular flexibility index (Phi) is 6.38. The molecule has 0 saturated carbocycles. The van der Waals surface area contributed by atoms with Crippen LogP contribution in [0, 0.1) is 13.8 Å². The number of halogens is 2. The molecule has 4 aromatic rings. The summed E-state index contributed by atoms with van der Waals surface area (Å²) < 4.78 is 3.36. The molecule has 2 heterocycles. The number of rotatable bonds is 4. The van der Waals surface area contributed by atoms with Crippen LogP contribution in [0.15, 0.2) is 81.1 Å². The molecule has 3 aromatic carbocycles. The number of hydrogen-bond donors (Lipinski definition) is 1. The van der Waals surface area contributed by atoms with E-state index in [9.17, 15) is 4.79 Å². The van der Waals surface area contributed by atoms with Crippen molar-refractivity contribution in [3.63, 3.8) is 0 Å². The van der Waals surface area contributed by atoms with E-state index in [1.165, 1.54) is 17.3 Å². The molecule has 1 aliphatic rings. The summed E-state index contributed by atoms with van der Waals surface area (Å²) in [5.41, 5.74) is 6.15. The summed E-state index contributed by atoms with van der Waals surface area (Å²) in [4.78, 5) is 18.0. The monoisotopic (exact) mass is 549 g/mol. The van der Waals surface area contributed by atoms with E-state index in [4.69, 9.17) is 11.6 Å². The first-order chi connectivity index (χ1) is 16.4. The van der Waals surface area contributed by atoms with Gasteiger partial charge in [-0.3, -0.25) is 4.79 Å². The van der Waals surface area contributed by atoms with Gasteiger partial charge in [0.1, 0.15) is 0 Å². The zero-order valence-corrected chi connectivity index (χ0v) is 21.8. The molecule has 7 heteroatoms. The number of amides is 1. The Morgan fingerprint density at radius 2 is 1.82 bits per heavy atom. The molecule has 0 spiro atoms. The molecule has 0 radical (unpaired) electrons. The zero-order valence-electron chi connectivity index (χ0n) is 18.6. The van der Waals surface area contributed by atoms with Crippen molar-refractivity contribution in [2.45, 2.75) is 20.4 Å². The van der Waals surface area contributed by atoms with Crippen LogP contribution in [0.5, 0.6) is 0 Å². The van der Waals surface area contributed by atoms with Crippen LogP contribution in [-0.2, 0) is 11.3 Å². The predicted molar refractivity (Wildman–Crippen MR) is 147 cm³/mol. The molecule has 0 unspecified atom stereocenters. The molecule has 1 N–H and O–H groups in total. The van der Waals surface area contributed by atoms with Crippen LogP contribution in [0.3, 0.4) is 0 Å². The van der Waals surface area contributed by atoms with Crippen molar-refractivity contribution in [3.05, 3.63) is 104 Å². The maximum absolute atomic E-state index is 12.8. The first-order valence-corrected chi connectivity index (χ1v) is 12.8. The maximum Gasteiger partial charge on any atom is 0.264 e. The van der Waals surface area contributed by atoms with Gasteiger partial charge in [0, 0.05) is 38.2 Å². The molecule has 1 fully saturated rings. The lowest BCUT2D eigenvalue weighted by atomic mass is 10.1. The Balaban J connectivity index is 1.52. The number of benzene rings is 3. The number of carbonyl (C=O) groups is 1. The van der Waals surface area contributed by atoms with Crippen LogP contribution in [0.2, 0.25) is 5.02 Å². The average Bonchev–Trinajstić information content (AvgIpc) is 3.30. The number of carbonyl (C=O) groups excluding carboxylic acids is 1. The lowest BCUT2D eigenvalue weighted by molar-refractivity contribution is -0.115. The minimum absolute atomic E-state index is 0.146. The summed E-state index contributed by atoms with van der Waals surface area (Å²) in [6.07, 6.45) is 1.98. The lowest BCUT2D eigenvalue weighted by Gasteiger charge is -2.09. The van der Waals surface area contributed by atoms with Gasteiger partial charge in [-0.05, 0) is 73.1 Å². The fourth-order valence-electron chi connectivity index (χ4n) is 4.05. The third-order valence-electron chi connectivity index (χ3n) is 5.92. The Hall–Kier alpha value is -2.80. The van der Waals surface area contributed by atoms with Gasteiger partial charge in [0.15, 0.2) is 5.17 Å². The van der Waals surface area contributed by atoms with Crippen LogP contribution >= 0.6 is 39.3 Å². The number of amidine groups is 1. The van der Waals surface area contributed by atoms with Gasteiger partial charge in [-0.1, -0.05) is 63.9 Å². The first kappa shape index (κ1) is 23.0. The van der Waals surface area contributed by atoms with Crippen LogP contribution in [0.1, 0.15) is 22.4 Å². The van der Waals surface area contributed by atoms with E-state index < -0.39 is 0 Å². The van der Waals surface area contributed by atoms with E-state index in [0.29, 0.717) is 15.1 Å². The van der Waals surface area contributed by atoms with E-state index in [0.717, 1.165) is 44.4 Å². The van der Waals surface area contributed by atoms with Crippen molar-refractivity contribution in [1.29, 1.82) is 0 Å². The van der Waals surface area contributed by atoms with E-state index >= 15 is 0 Å². The topological polar surface area (TPSA) is 46.4 Å². The Morgan fingerprint density at radius 3 is 2.62 bits per heavy atom. The highest BCUT2D eigenvalue weighted by Gasteiger charge is 2.25. The van der Waals surface area contributed by atoms with Crippen molar-refractivity contribution in [1.82, 2.24) is 9.88 Å². The van der Waals surface area contributed by atoms with Gasteiger partial charge >= 0.3 is 0 Å². The number of nitrogens with zero attached hydrogens (tertiary/aromatic N) is 2. The minimum atomic E-state index is -0.146. The molecule has 1 aromatic heterocycles. The molecule has 0 bridgehead atoms. The molecule has 5 rings (SSSR count). The molecular weight excluding hydrogens is 530 g/mol. The summed E-state index contributed by atoms with van der Waals surface area (Å²) in [5, 5.41) is 5.22. The van der Waals surface area contributed by atoms with E-state index in [1.54, 1.807) is 0 Å². The van der Waals surface area contributed by atoms with Gasteiger partial charge in [-0.25, -0.2) is 4.99 Å². The van der Waals surface area contributed by atoms with Gasteiger partial charge < -0.3 is 9.88 Å². The highest BCUT2D eigenvalue weighted by Crippen LogP contribution is 2.34. The zero-order chi connectivity index (χ0) is 23.8. The third-order valence-corrected chi connectivity index (χ3v) is 7.77. The average molecular weight is 551 g/mol. The first-order valence-electron chi connectivity index (χ1n) is 10.8. The van der Waals surface area contributed by atoms with Crippen LogP contribution in [0.25, 0.3) is 17.0 Å². The Morgan fingerprint density at radius 1 is 1.06 bits per heavy atom. The summed E-state index contributed by atoms with van der Waals surface area (Å²) in [6, 6.07) is 22.3. The highest BCUT2D eigenvalue weighted by molar-refractivity contribution is 9.10. The third kappa shape index (κ3) is 4.45. The van der Waals surface area contributed by atoms with Crippen molar-refractivity contribution in [2.75, 3.05) is 0 Å². The molecule has 4 nitrogen and oxygen atoms in total. The molecule has 1 aliphatic heterocycles. The Labute approximate surface area is 215 Å².